The molecule has 2 atom stereocenters. The van der Waals surface area contributed by atoms with Crippen molar-refractivity contribution in [3.05, 3.63) is 23.8 Å². The first kappa shape index (κ1) is 22.9. The van der Waals surface area contributed by atoms with Crippen molar-refractivity contribution in [2.75, 3.05) is 40.1 Å². The summed E-state index contributed by atoms with van der Waals surface area (Å²) < 4.78 is 36.0. The van der Waals surface area contributed by atoms with E-state index in [-0.39, 0.29) is 17.9 Å². The number of piperidine rings is 2. The summed E-state index contributed by atoms with van der Waals surface area (Å²) in [5, 5.41) is 0. The Balaban J connectivity index is 1.65. The van der Waals surface area contributed by atoms with Gasteiger partial charge in [0.25, 0.3) is 0 Å². The van der Waals surface area contributed by atoms with Crippen molar-refractivity contribution in [2.45, 2.75) is 51.0 Å². The normalized spacial score (nSPS) is 23.2. The molecular weight excluding hydrogens is 404 g/mol. The van der Waals surface area contributed by atoms with E-state index >= 15 is 0 Å². The van der Waals surface area contributed by atoms with Crippen molar-refractivity contribution in [1.82, 2.24) is 9.21 Å². The number of carbonyl (C=O) groups excluding carboxylic acids is 1. The number of carbonyl (C=O) groups is 1. The van der Waals surface area contributed by atoms with Gasteiger partial charge >= 0.3 is 0 Å². The molecular formula is C22H34N2O5S. The molecule has 0 spiro atoms. The van der Waals surface area contributed by atoms with E-state index in [2.05, 4.69) is 0 Å². The Hall–Kier alpha value is -1.80. The largest absolute Gasteiger partial charge is 0.493 e. The van der Waals surface area contributed by atoms with Crippen molar-refractivity contribution in [3.63, 3.8) is 0 Å². The third-order valence-electron chi connectivity index (χ3n) is 6.33. The second-order valence-corrected chi connectivity index (χ2v) is 10.4. The van der Waals surface area contributed by atoms with Crippen LogP contribution < -0.4 is 9.47 Å². The predicted octanol–water partition coefficient (Wildman–Crippen LogP) is 2.69. The number of hydrogen-bond acceptors (Lipinski definition) is 5. The SMILES string of the molecule is COc1ccc(CCC2CCCCN2C(=O)C2CCCN(S(C)(=O)=O)C2)cc1OC. The van der Waals surface area contributed by atoms with Crippen LogP contribution in [0.5, 0.6) is 11.5 Å². The Morgan fingerprint density at radius 3 is 2.53 bits per heavy atom. The van der Waals surface area contributed by atoms with Gasteiger partial charge in [-0.15, -0.1) is 0 Å². The zero-order chi connectivity index (χ0) is 21.7. The second kappa shape index (κ2) is 10.0. The maximum absolute atomic E-state index is 13.3. The van der Waals surface area contributed by atoms with Gasteiger partial charge in [0.05, 0.1) is 26.4 Å². The van der Waals surface area contributed by atoms with Crippen molar-refractivity contribution < 1.29 is 22.7 Å². The molecule has 2 aliphatic rings. The molecule has 0 radical (unpaired) electrons. The van der Waals surface area contributed by atoms with Crippen LogP contribution in [0, 0.1) is 5.92 Å². The number of ether oxygens (including phenoxy) is 2. The highest BCUT2D eigenvalue weighted by Crippen LogP contribution is 2.30. The number of amides is 1. The first-order chi connectivity index (χ1) is 14.3. The number of rotatable bonds is 7. The van der Waals surface area contributed by atoms with Crippen LogP contribution in [0.2, 0.25) is 0 Å². The Bertz CT molecular complexity index is 842. The Kier molecular flexibility index (Phi) is 7.63. The lowest BCUT2D eigenvalue weighted by molar-refractivity contribution is -0.140. The molecule has 1 amide bonds. The summed E-state index contributed by atoms with van der Waals surface area (Å²) >= 11 is 0. The molecule has 2 saturated heterocycles. The molecule has 2 aliphatic heterocycles. The summed E-state index contributed by atoms with van der Waals surface area (Å²) in [6, 6.07) is 6.16. The van der Waals surface area contributed by atoms with Gasteiger partial charge in [-0.3, -0.25) is 4.79 Å². The predicted molar refractivity (Wildman–Crippen MR) is 116 cm³/mol. The van der Waals surface area contributed by atoms with E-state index in [0.29, 0.717) is 18.8 Å². The zero-order valence-electron chi connectivity index (χ0n) is 18.3. The summed E-state index contributed by atoms with van der Waals surface area (Å²) in [6.45, 7) is 1.60. The topological polar surface area (TPSA) is 76.2 Å². The second-order valence-electron chi connectivity index (χ2n) is 8.37. The van der Waals surface area contributed by atoms with Crippen LogP contribution >= 0.6 is 0 Å². The highest BCUT2D eigenvalue weighted by molar-refractivity contribution is 7.88. The fourth-order valence-corrected chi connectivity index (χ4v) is 5.55. The first-order valence-corrected chi connectivity index (χ1v) is 12.6. The molecule has 168 valence electrons. The minimum Gasteiger partial charge on any atom is -0.493 e. The average Bonchev–Trinajstić information content (AvgIpc) is 2.76. The molecule has 0 aromatic heterocycles. The standard InChI is InChI=1S/C22H34N2O5S/c1-28-20-12-10-17(15-21(20)29-2)9-11-19-8-4-5-14-24(19)22(25)18-7-6-13-23(16-18)30(3,26)27/h10,12,15,18-19H,4-9,11,13-14,16H2,1-3H3. The van der Waals surface area contributed by atoms with E-state index in [0.717, 1.165) is 62.8 Å². The molecule has 3 rings (SSSR count). The molecule has 1 aromatic carbocycles. The maximum Gasteiger partial charge on any atom is 0.227 e. The van der Waals surface area contributed by atoms with Crippen LogP contribution in [-0.4, -0.2) is 69.7 Å². The van der Waals surface area contributed by atoms with Gasteiger partial charge < -0.3 is 14.4 Å². The van der Waals surface area contributed by atoms with Crippen LogP contribution in [0.4, 0.5) is 0 Å². The molecule has 0 aliphatic carbocycles. The number of likely N-dealkylation sites (tertiary alicyclic amines) is 1. The van der Waals surface area contributed by atoms with Crippen molar-refractivity contribution in [3.8, 4) is 11.5 Å². The van der Waals surface area contributed by atoms with Crippen molar-refractivity contribution in [2.24, 2.45) is 5.92 Å². The van der Waals surface area contributed by atoms with E-state index in [1.54, 1.807) is 14.2 Å². The number of hydrogen-bond donors (Lipinski definition) is 0. The first-order valence-electron chi connectivity index (χ1n) is 10.8. The molecule has 0 bridgehead atoms. The molecule has 30 heavy (non-hydrogen) atoms. The van der Waals surface area contributed by atoms with Gasteiger partial charge in [-0.1, -0.05) is 6.07 Å². The van der Waals surface area contributed by atoms with Crippen LogP contribution in [0.1, 0.15) is 44.1 Å². The molecule has 0 N–H and O–H groups in total. The third kappa shape index (κ3) is 5.46. The van der Waals surface area contributed by atoms with Gasteiger partial charge in [-0.25, -0.2) is 12.7 Å². The number of benzene rings is 1. The molecule has 2 unspecified atom stereocenters. The Morgan fingerprint density at radius 1 is 1.07 bits per heavy atom. The monoisotopic (exact) mass is 438 g/mol. The lowest BCUT2D eigenvalue weighted by Gasteiger charge is -2.40. The summed E-state index contributed by atoms with van der Waals surface area (Å²) in [5.41, 5.74) is 1.16. The van der Waals surface area contributed by atoms with Gasteiger partial charge in [-0.2, -0.15) is 0 Å². The maximum atomic E-state index is 13.3. The molecule has 8 heteroatoms. The highest BCUT2D eigenvalue weighted by atomic mass is 32.2. The summed E-state index contributed by atoms with van der Waals surface area (Å²) in [7, 11) is 0.00155. The molecule has 2 heterocycles. The zero-order valence-corrected chi connectivity index (χ0v) is 19.1. The van der Waals surface area contributed by atoms with Crippen LogP contribution in [0.15, 0.2) is 18.2 Å². The van der Waals surface area contributed by atoms with E-state index in [4.69, 9.17) is 9.47 Å². The van der Waals surface area contributed by atoms with E-state index in [1.807, 2.05) is 23.1 Å². The number of sulfonamides is 1. The molecule has 0 saturated carbocycles. The minimum atomic E-state index is -3.25. The smallest absolute Gasteiger partial charge is 0.227 e. The van der Waals surface area contributed by atoms with E-state index in [9.17, 15) is 13.2 Å². The highest BCUT2D eigenvalue weighted by Gasteiger charge is 2.35. The number of aryl methyl sites for hydroxylation is 1. The van der Waals surface area contributed by atoms with Gasteiger partial charge in [-0.05, 0) is 62.6 Å². The van der Waals surface area contributed by atoms with Crippen molar-refractivity contribution >= 4 is 15.9 Å². The summed E-state index contributed by atoms with van der Waals surface area (Å²) in [6.07, 6.45) is 7.63. The third-order valence-corrected chi connectivity index (χ3v) is 7.60. The molecule has 1 aromatic rings. The average molecular weight is 439 g/mol. The van der Waals surface area contributed by atoms with Crippen LogP contribution in [0.3, 0.4) is 0 Å². The molecule has 7 nitrogen and oxygen atoms in total. The van der Waals surface area contributed by atoms with Crippen LogP contribution in [0.25, 0.3) is 0 Å². The lowest BCUT2D eigenvalue weighted by Crippen LogP contribution is -2.51. The quantitative estimate of drug-likeness (QED) is 0.654. The van der Waals surface area contributed by atoms with Gasteiger partial charge in [0.15, 0.2) is 11.5 Å². The lowest BCUT2D eigenvalue weighted by atomic mass is 9.92. The number of nitrogens with zero attached hydrogens (tertiary/aromatic N) is 2. The van der Waals surface area contributed by atoms with Crippen LogP contribution in [-0.2, 0) is 21.2 Å². The van der Waals surface area contributed by atoms with Gasteiger partial charge in [0.1, 0.15) is 0 Å². The summed E-state index contributed by atoms with van der Waals surface area (Å²) in [4.78, 5) is 15.3. The Labute approximate surface area is 180 Å². The Morgan fingerprint density at radius 2 is 1.83 bits per heavy atom. The number of methoxy groups -OCH3 is 2. The minimum absolute atomic E-state index is 0.125. The van der Waals surface area contributed by atoms with E-state index in [1.165, 1.54) is 10.6 Å². The van der Waals surface area contributed by atoms with Gasteiger partial charge in [0.2, 0.25) is 15.9 Å². The molecule has 2 fully saturated rings. The van der Waals surface area contributed by atoms with E-state index < -0.39 is 10.0 Å². The summed E-state index contributed by atoms with van der Waals surface area (Å²) in [5.74, 6) is 1.33. The fraction of sp³-hybridized carbons (Fsp3) is 0.682. The van der Waals surface area contributed by atoms with Gasteiger partial charge in [0, 0.05) is 25.7 Å². The fourth-order valence-electron chi connectivity index (χ4n) is 4.64. The van der Waals surface area contributed by atoms with Crippen molar-refractivity contribution in [1.29, 1.82) is 0 Å².